The lowest BCUT2D eigenvalue weighted by atomic mass is 10.1. The van der Waals surface area contributed by atoms with E-state index in [9.17, 15) is 14.4 Å². The second kappa shape index (κ2) is 6.11. The van der Waals surface area contributed by atoms with Gasteiger partial charge in [0.05, 0.1) is 0 Å². The van der Waals surface area contributed by atoms with Gasteiger partial charge in [0.1, 0.15) is 5.56 Å². The number of hydrogen-bond acceptors (Lipinski definition) is 5. The molecule has 0 atom stereocenters. The van der Waals surface area contributed by atoms with Crippen LogP contribution in [0.2, 0.25) is 0 Å². The Hall–Kier alpha value is -2.22. The molecule has 0 spiro atoms. The van der Waals surface area contributed by atoms with Gasteiger partial charge in [-0.3, -0.25) is 18.8 Å². The number of nitrogens with zero attached hydrogens (tertiary/aromatic N) is 4. The van der Waals surface area contributed by atoms with E-state index in [4.69, 9.17) is 0 Å². The molecule has 2 amide bonds. The van der Waals surface area contributed by atoms with Crippen LogP contribution in [0.4, 0.5) is 0 Å². The van der Waals surface area contributed by atoms with Crippen molar-refractivity contribution in [1.82, 2.24) is 19.2 Å². The van der Waals surface area contributed by atoms with Gasteiger partial charge in [0.15, 0.2) is 4.96 Å². The molecule has 3 rings (SSSR count). The van der Waals surface area contributed by atoms with Gasteiger partial charge in [-0.25, -0.2) is 4.98 Å². The highest BCUT2D eigenvalue weighted by Gasteiger charge is 2.27. The van der Waals surface area contributed by atoms with Crippen LogP contribution >= 0.6 is 11.3 Å². The number of thiazole rings is 1. The molecule has 0 radical (unpaired) electrons. The van der Waals surface area contributed by atoms with Gasteiger partial charge in [-0.05, 0) is 0 Å². The van der Waals surface area contributed by atoms with Gasteiger partial charge in [0.2, 0.25) is 5.91 Å². The predicted molar refractivity (Wildman–Crippen MR) is 86.7 cm³/mol. The largest absolute Gasteiger partial charge is 0.339 e. The summed E-state index contributed by atoms with van der Waals surface area (Å²) in [6, 6.07) is 0. The van der Waals surface area contributed by atoms with Crippen molar-refractivity contribution in [1.29, 1.82) is 0 Å². The van der Waals surface area contributed by atoms with Crippen molar-refractivity contribution in [3.63, 3.8) is 0 Å². The number of aromatic nitrogens is 2. The predicted octanol–water partition coefficient (Wildman–Crippen LogP) is 0.696. The summed E-state index contributed by atoms with van der Waals surface area (Å²) in [5.74, 6) is -0.273. The molecule has 23 heavy (non-hydrogen) atoms. The van der Waals surface area contributed by atoms with Crippen LogP contribution in [0.25, 0.3) is 4.96 Å². The molecule has 0 bridgehead atoms. The molecular formula is C15H18N4O3S. The Kier molecular flexibility index (Phi) is 4.16. The van der Waals surface area contributed by atoms with E-state index in [1.165, 1.54) is 21.9 Å². The van der Waals surface area contributed by atoms with Gasteiger partial charge >= 0.3 is 0 Å². The van der Waals surface area contributed by atoms with Crippen molar-refractivity contribution < 1.29 is 9.59 Å². The van der Waals surface area contributed by atoms with Crippen LogP contribution in [0, 0.1) is 5.92 Å². The van der Waals surface area contributed by atoms with E-state index in [-0.39, 0.29) is 28.9 Å². The average molecular weight is 334 g/mol. The van der Waals surface area contributed by atoms with Crippen LogP contribution < -0.4 is 5.56 Å². The van der Waals surface area contributed by atoms with Crippen molar-refractivity contribution in [2.24, 2.45) is 5.92 Å². The summed E-state index contributed by atoms with van der Waals surface area (Å²) in [6.45, 7) is 5.59. The fraction of sp³-hybridized carbons (Fsp3) is 0.467. The number of amides is 2. The van der Waals surface area contributed by atoms with Gasteiger partial charge in [0.25, 0.3) is 11.5 Å². The third-order valence-corrected chi connectivity index (χ3v) is 4.72. The van der Waals surface area contributed by atoms with Gasteiger partial charge in [-0.2, -0.15) is 0 Å². The summed E-state index contributed by atoms with van der Waals surface area (Å²) < 4.78 is 1.39. The van der Waals surface area contributed by atoms with Gasteiger partial charge < -0.3 is 9.80 Å². The van der Waals surface area contributed by atoms with Crippen LogP contribution in [-0.2, 0) is 4.79 Å². The Balaban J connectivity index is 1.75. The highest BCUT2D eigenvalue weighted by Crippen LogP contribution is 2.11. The molecule has 3 heterocycles. The van der Waals surface area contributed by atoms with Gasteiger partial charge in [-0.1, -0.05) is 13.8 Å². The van der Waals surface area contributed by atoms with E-state index in [1.807, 2.05) is 13.8 Å². The number of carbonyl (C=O) groups excluding carboxylic acids is 2. The maximum atomic E-state index is 12.6. The van der Waals surface area contributed by atoms with Crippen LogP contribution in [0.1, 0.15) is 24.2 Å². The first-order chi connectivity index (χ1) is 11.0. The minimum absolute atomic E-state index is 0.0490. The van der Waals surface area contributed by atoms with Crippen LogP contribution in [-0.4, -0.2) is 57.2 Å². The van der Waals surface area contributed by atoms with E-state index < -0.39 is 0 Å². The zero-order chi connectivity index (χ0) is 16.6. The zero-order valence-electron chi connectivity index (χ0n) is 13.1. The maximum Gasteiger partial charge on any atom is 0.271 e. The maximum absolute atomic E-state index is 12.6. The summed E-state index contributed by atoms with van der Waals surface area (Å²) in [4.78, 5) is 45.0. The van der Waals surface area contributed by atoms with E-state index in [0.717, 1.165) is 0 Å². The molecule has 0 aliphatic carbocycles. The highest BCUT2D eigenvalue weighted by atomic mass is 32.1. The van der Waals surface area contributed by atoms with E-state index >= 15 is 0 Å². The lowest BCUT2D eigenvalue weighted by molar-refractivity contribution is -0.135. The quantitative estimate of drug-likeness (QED) is 0.810. The molecule has 8 heteroatoms. The van der Waals surface area contributed by atoms with E-state index in [0.29, 0.717) is 31.1 Å². The molecular weight excluding hydrogens is 316 g/mol. The first-order valence-electron chi connectivity index (χ1n) is 7.52. The number of fused-ring (bicyclic) bond motifs is 1. The second-order valence-corrected chi connectivity index (χ2v) is 6.68. The van der Waals surface area contributed by atoms with Crippen LogP contribution in [0.5, 0.6) is 0 Å². The topological polar surface area (TPSA) is 75.0 Å². The fourth-order valence-electron chi connectivity index (χ4n) is 2.64. The van der Waals surface area contributed by atoms with Gasteiger partial charge in [-0.15, -0.1) is 11.3 Å². The Labute approximate surface area is 137 Å². The number of carbonyl (C=O) groups is 2. The van der Waals surface area contributed by atoms with Crippen molar-refractivity contribution in [3.05, 3.63) is 33.7 Å². The normalized spacial score (nSPS) is 15.4. The Morgan fingerprint density at radius 1 is 1.17 bits per heavy atom. The SMILES string of the molecule is CC(C)C(=O)N1CCN(C(=O)c2cnc3sccn3c2=O)CC1. The molecule has 2 aromatic heterocycles. The van der Waals surface area contributed by atoms with Gasteiger partial charge in [0, 0.05) is 49.9 Å². The summed E-state index contributed by atoms with van der Waals surface area (Å²) in [6.07, 6.45) is 2.97. The molecule has 2 aromatic rings. The van der Waals surface area contributed by atoms with E-state index in [1.54, 1.807) is 21.4 Å². The first kappa shape index (κ1) is 15.7. The van der Waals surface area contributed by atoms with Crippen molar-refractivity contribution in [3.8, 4) is 0 Å². The minimum atomic E-state index is -0.345. The second-order valence-electron chi connectivity index (χ2n) is 5.80. The molecule has 1 aliphatic heterocycles. The Morgan fingerprint density at radius 3 is 2.48 bits per heavy atom. The number of rotatable bonds is 2. The van der Waals surface area contributed by atoms with Crippen LogP contribution in [0.15, 0.2) is 22.6 Å². The summed E-state index contributed by atoms with van der Waals surface area (Å²) in [5, 5.41) is 1.76. The van der Waals surface area contributed by atoms with Crippen LogP contribution in [0.3, 0.4) is 0 Å². The molecule has 1 aliphatic rings. The lowest BCUT2D eigenvalue weighted by Gasteiger charge is -2.35. The zero-order valence-corrected chi connectivity index (χ0v) is 13.9. The molecule has 1 fully saturated rings. The minimum Gasteiger partial charge on any atom is -0.339 e. The van der Waals surface area contributed by atoms with Crippen molar-refractivity contribution >= 4 is 28.1 Å². The Morgan fingerprint density at radius 2 is 1.83 bits per heavy atom. The highest BCUT2D eigenvalue weighted by molar-refractivity contribution is 7.15. The summed E-state index contributed by atoms with van der Waals surface area (Å²) in [5.41, 5.74) is -0.272. The third kappa shape index (κ3) is 2.86. The molecule has 7 nitrogen and oxygen atoms in total. The molecule has 0 aromatic carbocycles. The lowest BCUT2D eigenvalue weighted by Crippen LogP contribution is -2.52. The Bertz CT molecular complexity index is 802. The molecule has 1 saturated heterocycles. The molecule has 0 unspecified atom stereocenters. The number of piperazine rings is 1. The molecule has 122 valence electrons. The molecule has 0 N–H and O–H groups in total. The number of hydrogen-bond donors (Lipinski definition) is 0. The summed E-state index contributed by atoms with van der Waals surface area (Å²) in [7, 11) is 0. The standard InChI is InChI=1S/C15H18N4O3S/c1-10(2)12(20)17-3-5-18(6-4-17)13(21)11-9-16-15-19(14(11)22)7-8-23-15/h7-10H,3-6H2,1-2H3. The average Bonchev–Trinajstić information content (AvgIpc) is 3.03. The van der Waals surface area contributed by atoms with Crippen molar-refractivity contribution in [2.45, 2.75) is 13.8 Å². The first-order valence-corrected chi connectivity index (χ1v) is 8.40. The summed E-state index contributed by atoms with van der Waals surface area (Å²) >= 11 is 1.35. The monoisotopic (exact) mass is 334 g/mol. The van der Waals surface area contributed by atoms with E-state index in [2.05, 4.69) is 4.98 Å². The third-order valence-electron chi connectivity index (χ3n) is 3.95. The van der Waals surface area contributed by atoms with Crippen molar-refractivity contribution in [2.75, 3.05) is 26.2 Å². The molecule has 0 saturated carbocycles. The smallest absolute Gasteiger partial charge is 0.271 e. The fourth-order valence-corrected chi connectivity index (χ4v) is 3.31.